The van der Waals surface area contributed by atoms with E-state index in [2.05, 4.69) is 4.98 Å². The highest BCUT2D eigenvalue weighted by Gasteiger charge is 2.45. The van der Waals surface area contributed by atoms with Crippen LogP contribution in [0.15, 0.2) is 23.0 Å². The second-order valence-electron chi connectivity index (χ2n) is 7.08. The summed E-state index contributed by atoms with van der Waals surface area (Å²) in [6.07, 6.45) is -2.43. The van der Waals surface area contributed by atoms with E-state index in [0.717, 1.165) is 17.7 Å². The van der Waals surface area contributed by atoms with Gasteiger partial charge >= 0.3 is 12.1 Å². The van der Waals surface area contributed by atoms with Crippen LogP contribution in [0.2, 0.25) is 0 Å². The number of nitrogens with one attached hydrogen (secondary N) is 1. The number of alkyl halides is 3. The number of aromatic amines is 1. The van der Waals surface area contributed by atoms with E-state index in [9.17, 15) is 22.8 Å². The highest BCUT2D eigenvalue weighted by atomic mass is 19.4. The van der Waals surface area contributed by atoms with Crippen LogP contribution in [0, 0.1) is 0 Å². The second-order valence-corrected chi connectivity index (χ2v) is 7.08. The lowest BCUT2D eigenvalue weighted by atomic mass is 10.1. The molecule has 9 heteroatoms. The predicted octanol–water partition coefficient (Wildman–Crippen LogP) is 3.13. The topological polar surface area (TPSA) is 71.6 Å². The van der Waals surface area contributed by atoms with E-state index in [1.54, 1.807) is 12.1 Å². The summed E-state index contributed by atoms with van der Waals surface area (Å²) >= 11 is 0. The maximum atomic E-state index is 13.1. The Labute approximate surface area is 158 Å². The highest BCUT2D eigenvalue weighted by Crippen LogP contribution is 2.34. The highest BCUT2D eigenvalue weighted by molar-refractivity contribution is 5.84. The summed E-state index contributed by atoms with van der Waals surface area (Å²) < 4.78 is 50.3. The van der Waals surface area contributed by atoms with Gasteiger partial charge in [0.25, 0.3) is 5.56 Å². The number of ether oxygens (including phenoxy) is 2. The third-order valence-corrected chi connectivity index (χ3v) is 5.19. The van der Waals surface area contributed by atoms with Crippen molar-refractivity contribution in [3.8, 4) is 11.5 Å². The summed E-state index contributed by atoms with van der Waals surface area (Å²) in [6.45, 7) is 0.406. The van der Waals surface area contributed by atoms with Crippen LogP contribution in [0.4, 0.5) is 13.2 Å². The summed E-state index contributed by atoms with van der Waals surface area (Å²) in [5, 5.41) is 0.602. The van der Waals surface area contributed by atoms with Gasteiger partial charge in [-0.05, 0) is 25.0 Å². The van der Waals surface area contributed by atoms with Crippen molar-refractivity contribution in [2.45, 2.75) is 44.4 Å². The zero-order chi connectivity index (χ0) is 19.9. The van der Waals surface area contributed by atoms with Gasteiger partial charge in [-0.2, -0.15) is 13.2 Å². The molecule has 28 heavy (non-hydrogen) atoms. The number of aromatic nitrogens is 1. The van der Waals surface area contributed by atoms with Gasteiger partial charge in [0.05, 0.1) is 12.1 Å². The monoisotopic (exact) mass is 396 g/mol. The normalized spacial score (nSPS) is 17.1. The quantitative estimate of drug-likeness (QED) is 0.865. The summed E-state index contributed by atoms with van der Waals surface area (Å²) in [5.41, 5.74) is 0.0726. The van der Waals surface area contributed by atoms with Crippen LogP contribution in [0.1, 0.15) is 31.2 Å². The third kappa shape index (κ3) is 3.53. The van der Waals surface area contributed by atoms with E-state index in [1.165, 1.54) is 6.07 Å². The van der Waals surface area contributed by atoms with Crippen molar-refractivity contribution >= 4 is 16.8 Å². The number of H-pyrrole nitrogens is 1. The molecule has 4 rings (SSSR count). The van der Waals surface area contributed by atoms with E-state index in [4.69, 9.17) is 9.47 Å². The fraction of sp³-hybridized carbons (Fsp3) is 0.474. The predicted molar refractivity (Wildman–Crippen MR) is 94.4 cm³/mol. The van der Waals surface area contributed by atoms with E-state index < -0.39 is 23.7 Å². The van der Waals surface area contributed by atoms with Crippen molar-refractivity contribution in [2.24, 2.45) is 0 Å². The van der Waals surface area contributed by atoms with Crippen LogP contribution >= 0.6 is 0 Å². The number of carbonyl (C=O) groups is 1. The maximum Gasteiger partial charge on any atom is 0.471 e. The van der Waals surface area contributed by atoms with Gasteiger partial charge in [0.15, 0.2) is 11.5 Å². The standard InChI is InChI=1S/C19H19F3N2O4/c20-19(21,22)18(26)24(13-3-1-2-4-13)10-12-7-11-8-15-16(28-6-5-27-15)9-14(11)23-17(12)25/h7-9,13H,1-6,10H2,(H,23,25). The van der Waals surface area contributed by atoms with E-state index in [-0.39, 0.29) is 12.1 Å². The number of fused-ring (bicyclic) bond motifs is 2. The van der Waals surface area contributed by atoms with Crippen molar-refractivity contribution in [3.05, 3.63) is 34.1 Å². The lowest BCUT2D eigenvalue weighted by Gasteiger charge is -2.29. The maximum absolute atomic E-state index is 13.1. The Kier molecular flexibility index (Phi) is 4.68. The fourth-order valence-electron chi connectivity index (χ4n) is 3.83. The van der Waals surface area contributed by atoms with E-state index in [1.807, 2.05) is 0 Å². The van der Waals surface area contributed by atoms with Gasteiger partial charge in [0.2, 0.25) is 0 Å². The van der Waals surface area contributed by atoms with Crippen molar-refractivity contribution in [3.63, 3.8) is 0 Å². The minimum Gasteiger partial charge on any atom is -0.486 e. The molecule has 1 saturated carbocycles. The molecule has 1 aliphatic heterocycles. The zero-order valence-corrected chi connectivity index (χ0v) is 15.0. The molecule has 0 spiro atoms. The molecule has 0 bridgehead atoms. The molecule has 0 atom stereocenters. The van der Waals surface area contributed by atoms with Crippen LogP contribution in [-0.2, 0) is 11.3 Å². The first-order valence-electron chi connectivity index (χ1n) is 9.16. The Morgan fingerprint density at radius 3 is 2.39 bits per heavy atom. The molecule has 0 radical (unpaired) electrons. The molecule has 1 aromatic carbocycles. The van der Waals surface area contributed by atoms with Crippen molar-refractivity contribution in [1.82, 2.24) is 9.88 Å². The molecule has 150 valence electrons. The number of amides is 1. The Morgan fingerprint density at radius 2 is 1.75 bits per heavy atom. The van der Waals surface area contributed by atoms with Gasteiger partial charge in [0, 0.05) is 23.1 Å². The number of halogens is 3. The van der Waals surface area contributed by atoms with Crippen molar-refractivity contribution < 1.29 is 27.4 Å². The first-order valence-corrected chi connectivity index (χ1v) is 9.16. The Morgan fingerprint density at radius 1 is 1.11 bits per heavy atom. The number of benzene rings is 1. The minimum absolute atomic E-state index is 0.105. The molecule has 0 unspecified atom stereocenters. The molecule has 2 aliphatic rings. The summed E-state index contributed by atoms with van der Waals surface area (Å²) in [4.78, 5) is 27.9. The lowest BCUT2D eigenvalue weighted by molar-refractivity contribution is -0.188. The van der Waals surface area contributed by atoms with Crippen LogP contribution < -0.4 is 15.0 Å². The van der Waals surface area contributed by atoms with E-state index in [0.29, 0.717) is 48.5 Å². The first kappa shape index (κ1) is 18.6. The summed E-state index contributed by atoms with van der Waals surface area (Å²) in [7, 11) is 0. The van der Waals surface area contributed by atoms with Gasteiger partial charge < -0.3 is 19.4 Å². The van der Waals surface area contributed by atoms with Gasteiger partial charge in [-0.25, -0.2) is 0 Å². The summed E-state index contributed by atoms with van der Waals surface area (Å²) in [6, 6.07) is 4.31. The molecule has 1 N–H and O–H groups in total. The number of hydrogen-bond acceptors (Lipinski definition) is 4. The zero-order valence-electron chi connectivity index (χ0n) is 15.0. The van der Waals surface area contributed by atoms with Crippen LogP contribution in [-0.4, -0.2) is 41.2 Å². The SMILES string of the molecule is O=C(N(Cc1cc2cc3c(cc2[nH]c1=O)OCCO3)C1CCCC1)C(F)(F)F. The fourth-order valence-corrected chi connectivity index (χ4v) is 3.83. The van der Waals surface area contributed by atoms with E-state index >= 15 is 0 Å². The Hall–Kier alpha value is -2.71. The smallest absolute Gasteiger partial charge is 0.471 e. The molecule has 1 aliphatic carbocycles. The molecule has 6 nitrogen and oxygen atoms in total. The Bertz CT molecular complexity index is 964. The average Bonchev–Trinajstić information content (AvgIpc) is 3.18. The molecule has 1 amide bonds. The van der Waals surface area contributed by atoms with Gasteiger partial charge in [-0.3, -0.25) is 9.59 Å². The van der Waals surface area contributed by atoms with Crippen molar-refractivity contribution in [1.29, 1.82) is 0 Å². The first-order chi connectivity index (χ1) is 13.3. The largest absolute Gasteiger partial charge is 0.486 e. The van der Waals surface area contributed by atoms with Crippen LogP contribution in [0.3, 0.4) is 0 Å². The minimum atomic E-state index is -4.98. The molecule has 1 fully saturated rings. The number of rotatable bonds is 3. The molecule has 1 aromatic heterocycles. The number of pyridine rings is 1. The average molecular weight is 396 g/mol. The van der Waals surface area contributed by atoms with Gasteiger partial charge in [-0.1, -0.05) is 12.8 Å². The van der Waals surface area contributed by atoms with Gasteiger partial charge in [0.1, 0.15) is 13.2 Å². The summed E-state index contributed by atoms with van der Waals surface area (Å²) in [5.74, 6) is -0.890. The van der Waals surface area contributed by atoms with Crippen LogP contribution in [0.5, 0.6) is 11.5 Å². The lowest BCUT2D eigenvalue weighted by Crippen LogP contribution is -2.46. The number of nitrogens with zero attached hydrogens (tertiary/aromatic N) is 1. The molecule has 2 heterocycles. The van der Waals surface area contributed by atoms with Gasteiger partial charge in [-0.15, -0.1) is 0 Å². The third-order valence-electron chi connectivity index (χ3n) is 5.19. The molecule has 2 aromatic rings. The second kappa shape index (κ2) is 7.03. The van der Waals surface area contributed by atoms with Crippen LogP contribution in [0.25, 0.3) is 10.9 Å². The molecular weight excluding hydrogens is 377 g/mol. The number of hydrogen-bond donors (Lipinski definition) is 1. The van der Waals surface area contributed by atoms with Crippen molar-refractivity contribution in [2.75, 3.05) is 13.2 Å². The number of carbonyl (C=O) groups excluding carboxylic acids is 1. The molecular formula is C19H19F3N2O4. The Balaban J connectivity index is 1.70. The molecule has 0 saturated heterocycles.